The molecule has 0 radical (unpaired) electrons. The number of rotatable bonds is 3. The van der Waals surface area contributed by atoms with Gasteiger partial charge >= 0.3 is 0 Å². The molecular formula is C15H18N4S. The first-order valence-electron chi connectivity index (χ1n) is 6.90. The van der Waals surface area contributed by atoms with Gasteiger partial charge in [0, 0.05) is 17.2 Å². The number of benzene rings is 1. The molecule has 1 aromatic carbocycles. The lowest BCUT2D eigenvalue weighted by atomic mass is 10.2. The quantitative estimate of drug-likeness (QED) is 0.687. The molecule has 0 aliphatic rings. The van der Waals surface area contributed by atoms with Gasteiger partial charge in [0.2, 0.25) is 5.16 Å². The molecule has 0 atom stereocenters. The molecule has 0 aliphatic carbocycles. The zero-order valence-corrected chi connectivity index (χ0v) is 13.0. The van der Waals surface area contributed by atoms with Crippen LogP contribution < -0.4 is 0 Å². The number of nitrogens with zero attached hydrogens (tertiary/aromatic N) is 4. The number of aryl methyl sites for hydroxylation is 2. The molecule has 20 heavy (non-hydrogen) atoms. The van der Waals surface area contributed by atoms with Crippen LogP contribution in [0.5, 0.6) is 0 Å². The minimum atomic E-state index is 0.455. The van der Waals surface area contributed by atoms with E-state index in [1.165, 1.54) is 11.1 Å². The fourth-order valence-corrected chi connectivity index (χ4v) is 3.08. The largest absolute Gasteiger partial charge is 0.324 e. The first-order chi connectivity index (χ1) is 9.60. The zero-order chi connectivity index (χ0) is 14.3. The maximum atomic E-state index is 4.71. The molecule has 0 amide bonds. The summed E-state index contributed by atoms with van der Waals surface area (Å²) in [5.74, 6) is 0. The molecule has 2 aromatic heterocycles. The van der Waals surface area contributed by atoms with Crippen molar-refractivity contribution in [2.45, 2.75) is 44.6 Å². The molecule has 5 heteroatoms. The highest BCUT2D eigenvalue weighted by molar-refractivity contribution is 7.99. The van der Waals surface area contributed by atoms with Gasteiger partial charge in [-0.15, -0.1) is 10.2 Å². The topological polar surface area (TPSA) is 43.6 Å². The molecule has 104 valence electrons. The molecule has 0 spiro atoms. The van der Waals surface area contributed by atoms with Gasteiger partial charge in [0.1, 0.15) is 5.52 Å². The van der Waals surface area contributed by atoms with Crippen molar-refractivity contribution in [2.75, 3.05) is 0 Å². The molecule has 4 nitrogen and oxygen atoms in total. The van der Waals surface area contributed by atoms with Gasteiger partial charge in [0.05, 0.1) is 5.52 Å². The Morgan fingerprint density at radius 3 is 2.75 bits per heavy atom. The Balaban J connectivity index is 2.31. The third kappa shape index (κ3) is 2.16. The van der Waals surface area contributed by atoms with Crippen molar-refractivity contribution in [2.24, 2.45) is 0 Å². The van der Waals surface area contributed by atoms with E-state index < -0.39 is 0 Å². The van der Waals surface area contributed by atoms with Crippen molar-refractivity contribution in [3.63, 3.8) is 0 Å². The number of hydrogen-bond donors (Lipinski definition) is 0. The smallest absolute Gasteiger partial charge is 0.211 e. The Labute approximate surface area is 122 Å². The van der Waals surface area contributed by atoms with Crippen LogP contribution in [0.3, 0.4) is 0 Å². The van der Waals surface area contributed by atoms with Crippen molar-refractivity contribution < 1.29 is 0 Å². The summed E-state index contributed by atoms with van der Waals surface area (Å²) in [7, 11) is 0. The summed E-state index contributed by atoms with van der Waals surface area (Å²) in [6.07, 6.45) is 0. The third-order valence-corrected chi connectivity index (χ3v) is 4.12. The highest BCUT2D eigenvalue weighted by Gasteiger charge is 2.14. The van der Waals surface area contributed by atoms with E-state index in [-0.39, 0.29) is 0 Å². The second kappa shape index (κ2) is 5.05. The van der Waals surface area contributed by atoms with Crippen LogP contribution in [0.15, 0.2) is 23.4 Å². The van der Waals surface area contributed by atoms with E-state index in [0.717, 1.165) is 28.3 Å². The van der Waals surface area contributed by atoms with Gasteiger partial charge in [0.15, 0.2) is 5.65 Å². The van der Waals surface area contributed by atoms with Crippen LogP contribution in [0.2, 0.25) is 0 Å². The van der Waals surface area contributed by atoms with Crippen molar-refractivity contribution in [3.8, 4) is 0 Å². The lowest BCUT2D eigenvalue weighted by molar-refractivity contribution is 0.788. The fourth-order valence-electron chi connectivity index (χ4n) is 2.44. The second-order valence-corrected chi connectivity index (χ2v) is 6.74. The summed E-state index contributed by atoms with van der Waals surface area (Å²) in [5, 5.41) is 11.0. The van der Waals surface area contributed by atoms with E-state index in [9.17, 15) is 0 Å². The minimum absolute atomic E-state index is 0.455. The third-order valence-electron chi connectivity index (χ3n) is 3.26. The summed E-state index contributed by atoms with van der Waals surface area (Å²) in [5.41, 5.74) is 4.25. The molecule has 0 saturated heterocycles. The van der Waals surface area contributed by atoms with Crippen LogP contribution in [0.4, 0.5) is 0 Å². The summed E-state index contributed by atoms with van der Waals surface area (Å²) in [4.78, 5) is 4.71. The molecule has 0 aliphatic heterocycles. The van der Waals surface area contributed by atoms with Crippen molar-refractivity contribution in [3.05, 3.63) is 23.8 Å². The molecular weight excluding hydrogens is 268 g/mol. The monoisotopic (exact) mass is 286 g/mol. The molecule has 0 fully saturated rings. The van der Waals surface area contributed by atoms with Crippen LogP contribution in [0, 0.1) is 6.92 Å². The molecule has 0 saturated carbocycles. The summed E-state index contributed by atoms with van der Waals surface area (Å²) >= 11 is 1.65. The van der Waals surface area contributed by atoms with Gasteiger partial charge < -0.3 is 4.57 Å². The van der Waals surface area contributed by atoms with Gasteiger partial charge in [0.25, 0.3) is 0 Å². The Bertz CT molecular complexity index is 776. The first-order valence-corrected chi connectivity index (χ1v) is 7.78. The van der Waals surface area contributed by atoms with Crippen LogP contribution in [0.1, 0.15) is 26.3 Å². The highest BCUT2D eigenvalue weighted by Crippen LogP contribution is 2.28. The molecule has 0 N–H and O–H groups in total. The van der Waals surface area contributed by atoms with Gasteiger partial charge in [-0.2, -0.15) is 0 Å². The van der Waals surface area contributed by atoms with E-state index in [0.29, 0.717) is 5.25 Å². The van der Waals surface area contributed by atoms with E-state index >= 15 is 0 Å². The van der Waals surface area contributed by atoms with Crippen molar-refractivity contribution in [1.29, 1.82) is 0 Å². The Hall–Kier alpha value is -1.62. The number of thioether (sulfide) groups is 1. The maximum absolute atomic E-state index is 4.71. The van der Waals surface area contributed by atoms with Crippen LogP contribution in [-0.2, 0) is 6.54 Å². The molecule has 2 heterocycles. The van der Waals surface area contributed by atoms with Crippen LogP contribution in [0.25, 0.3) is 22.1 Å². The maximum Gasteiger partial charge on any atom is 0.211 e. The predicted molar refractivity (Wildman–Crippen MR) is 84.2 cm³/mol. The predicted octanol–water partition coefficient (Wildman–Crippen LogP) is 3.81. The van der Waals surface area contributed by atoms with E-state index in [2.05, 4.69) is 60.7 Å². The van der Waals surface area contributed by atoms with Crippen molar-refractivity contribution >= 4 is 33.8 Å². The average molecular weight is 286 g/mol. The number of aromatic nitrogens is 4. The minimum Gasteiger partial charge on any atom is -0.324 e. The summed E-state index contributed by atoms with van der Waals surface area (Å²) in [6, 6.07) is 6.44. The summed E-state index contributed by atoms with van der Waals surface area (Å²) in [6.45, 7) is 9.38. The lowest BCUT2D eigenvalue weighted by Gasteiger charge is -2.04. The van der Waals surface area contributed by atoms with Gasteiger partial charge in [-0.25, -0.2) is 4.98 Å². The van der Waals surface area contributed by atoms with Gasteiger partial charge in [-0.3, -0.25) is 0 Å². The Morgan fingerprint density at radius 2 is 2.05 bits per heavy atom. The molecule has 3 rings (SSSR count). The summed E-state index contributed by atoms with van der Waals surface area (Å²) < 4.78 is 2.21. The van der Waals surface area contributed by atoms with E-state index in [1.54, 1.807) is 11.8 Å². The fraction of sp³-hybridized carbons (Fsp3) is 0.400. The number of hydrogen-bond acceptors (Lipinski definition) is 4. The molecule has 3 aromatic rings. The van der Waals surface area contributed by atoms with Crippen LogP contribution in [-0.4, -0.2) is 25.0 Å². The SMILES string of the molecule is CCn1c2ccc(C)cc2c2nnc(SC(C)C)nc21. The molecule has 0 unspecified atom stereocenters. The zero-order valence-electron chi connectivity index (χ0n) is 12.2. The van der Waals surface area contributed by atoms with E-state index in [1.807, 2.05) is 0 Å². The number of fused-ring (bicyclic) bond motifs is 3. The lowest BCUT2D eigenvalue weighted by Crippen LogP contribution is -2.00. The van der Waals surface area contributed by atoms with E-state index in [4.69, 9.17) is 4.98 Å². The van der Waals surface area contributed by atoms with Crippen LogP contribution >= 0.6 is 11.8 Å². The Kier molecular flexibility index (Phi) is 3.38. The Morgan fingerprint density at radius 1 is 1.25 bits per heavy atom. The highest BCUT2D eigenvalue weighted by atomic mass is 32.2. The second-order valence-electron chi connectivity index (χ2n) is 5.20. The molecule has 0 bridgehead atoms. The normalized spacial score (nSPS) is 11.8. The van der Waals surface area contributed by atoms with Crippen molar-refractivity contribution in [1.82, 2.24) is 19.7 Å². The van der Waals surface area contributed by atoms with Gasteiger partial charge in [-0.05, 0) is 26.0 Å². The average Bonchev–Trinajstić information content (AvgIpc) is 2.70. The van der Waals surface area contributed by atoms with Gasteiger partial charge in [-0.1, -0.05) is 37.2 Å². The first kappa shape index (κ1) is 13.4. The standard InChI is InChI=1S/C15H18N4S/c1-5-19-12-7-6-10(4)8-11(12)13-14(19)16-15(18-17-13)20-9(2)3/h6-9H,5H2,1-4H3.